The number of piperazine rings is 1. The summed E-state index contributed by atoms with van der Waals surface area (Å²) in [5.41, 5.74) is 0.708. The molecule has 0 spiro atoms. The number of rotatable bonds is 8. The lowest BCUT2D eigenvalue weighted by Gasteiger charge is -2.36. The van der Waals surface area contributed by atoms with Crippen molar-refractivity contribution in [2.24, 2.45) is 5.18 Å². The minimum atomic E-state index is -0.994. The Bertz CT molecular complexity index is 1330. The summed E-state index contributed by atoms with van der Waals surface area (Å²) in [6.45, 7) is 2.51. The first-order valence-electron chi connectivity index (χ1n) is 12.2. The van der Waals surface area contributed by atoms with Crippen LogP contribution in [0.4, 0.5) is 24.7 Å². The van der Waals surface area contributed by atoms with Gasteiger partial charge in [-0.15, -0.1) is 4.91 Å². The van der Waals surface area contributed by atoms with E-state index in [1.807, 2.05) is 11.0 Å². The van der Waals surface area contributed by atoms with Crippen molar-refractivity contribution in [2.45, 2.75) is 37.3 Å². The maximum atomic E-state index is 13.8. The predicted octanol–water partition coefficient (Wildman–Crippen LogP) is 4.54. The first-order valence-corrected chi connectivity index (χ1v) is 13.1. The van der Waals surface area contributed by atoms with Gasteiger partial charge in [0.05, 0.1) is 11.9 Å². The number of benzene rings is 1. The number of anilines is 1. The number of hydrogen-bond donors (Lipinski definition) is 0. The fraction of sp³-hybridized carbons (Fsp3) is 0.400. The van der Waals surface area contributed by atoms with E-state index < -0.39 is 29.5 Å². The molecule has 5 rings (SSSR count). The lowest BCUT2D eigenvalue weighted by atomic mass is 10.2. The molecule has 1 aliphatic carbocycles. The molecule has 2 aromatic heterocycles. The Morgan fingerprint density at radius 2 is 1.82 bits per heavy atom. The van der Waals surface area contributed by atoms with Crippen LogP contribution >= 0.6 is 11.9 Å². The molecular formula is C25H25F3N6O3S. The third-order valence-electron chi connectivity index (χ3n) is 6.51. The number of nitroso groups, excluding NO2 is 1. The van der Waals surface area contributed by atoms with Crippen molar-refractivity contribution < 1.29 is 17.9 Å². The van der Waals surface area contributed by atoms with Crippen LogP contribution in [0.1, 0.15) is 24.8 Å². The smallest absolute Gasteiger partial charge is 0.316 e. The van der Waals surface area contributed by atoms with Crippen molar-refractivity contribution in [3.8, 4) is 11.4 Å². The highest BCUT2D eigenvalue weighted by molar-refractivity contribution is 7.96. The van der Waals surface area contributed by atoms with E-state index in [1.165, 1.54) is 6.20 Å². The summed E-state index contributed by atoms with van der Waals surface area (Å²) in [6, 6.07) is 6.13. The summed E-state index contributed by atoms with van der Waals surface area (Å²) in [6.07, 6.45) is 2.63. The molecule has 13 heteroatoms. The van der Waals surface area contributed by atoms with Gasteiger partial charge in [0.2, 0.25) is 5.75 Å². The fourth-order valence-corrected chi connectivity index (χ4v) is 5.48. The van der Waals surface area contributed by atoms with Crippen molar-refractivity contribution >= 4 is 23.5 Å². The number of nitrogens with zero attached hydrogens (tertiary/aromatic N) is 6. The molecule has 38 heavy (non-hydrogen) atoms. The van der Waals surface area contributed by atoms with Gasteiger partial charge in [-0.3, -0.25) is 4.79 Å². The second kappa shape index (κ2) is 11.5. The Morgan fingerprint density at radius 3 is 2.45 bits per heavy atom. The van der Waals surface area contributed by atoms with E-state index in [1.54, 1.807) is 24.2 Å². The number of halogens is 3. The van der Waals surface area contributed by atoms with Gasteiger partial charge >= 0.3 is 5.56 Å². The lowest BCUT2D eigenvalue weighted by molar-refractivity contribution is 0.193. The minimum absolute atomic E-state index is 0.000163. The van der Waals surface area contributed by atoms with Crippen LogP contribution in [0.5, 0.6) is 5.75 Å². The van der Waals surface area contributed by atoms with Gasteiger partial charge in [-0.05, 0) is 41.8 Å². The largest absolute Gasteiger partial charge is 0.483 e. The molecule has 2 atom stereocenters. The molecule has 2 fully saturated rings. The first-order chi connectivity index (χ1) is 18.4. The van der Waals surface area contributed by atoms with Crippen LogP contribution in [0.25, 0.3) is 5.69 Å². The third-order valence-corrected chi connectivity index (χ3v) is 7.70. The van der Waals surface area contributed by atoms with Crippen LogP contribution < -0.4 is 15.2 Å². The average molecular weight is 547 g/mol. The van der Waals surface area contributed by atoms with Crippen LogP contribution in [-0.2, 0) is 5.75 Å². The van der Waals surface area contributed by atoms with Gasteiger partial charge in [-0.25, -0.2) is 22.5 Å². The van der Waals surface area contributed by atoms with E-state index in [4.69, 9.17) is 4.74 Å². The molecule has 2 unspecified atom stereocenters. The summed E-state index contributed by atoms with van der Waals surface area (Å²) in [4.78, 5) is 29.9. The molecule has 1 saturated carbocycles. The second-order valence-corrected chi connectivity index (χ2v) is 10.2. The van der Waals surface area contributed by atoms with Gasteiger partial charge < -0.3 is 9.64 Å². The van der Waals surface area contributed by atoms with Crippen LogP contribution in [0.15, 0.2) is 52.7 Å². The molecule has 200 valence electrons. The molecule has 0 amide bonds. The zero-order chi connectivity index (χ0) is 26.6. The van der Waals surface area contributed by atoms with Gasteiger partial charge in [-0.2, -0.15) is 9.78 Å². The molecule has 1 aliphatic heterocycles. The number of aromatic nitrogens is 3. The summed E-state index contributed by atoms with van der Waals surface area (Å²) in [7, 11) is 0. The van der Waals surface area contributed by atoms with E-state index in [0.717, 1.165) is 22.4 Å². The lowest BCUT2D eigenvalue weighted by Crippen LogP contribution is -2.44. The highest BCUT2D eigenvalue weighted by Crippen LogP contribution is 2.32. The van der Waals surface area contributed by atoms with Gasteiger partial charge in [0.25, 0.3) is 0 Å². The topological polar surface area (TPSA) is 92.9 Å². The molecule has 3 aromatic rings. The Morgan fingerprint density at radius 1 is 1.05 bits per heavy atom. The van der Waals surface area contributed by atoms with Gasteiger partial charge in [0.15, 0.2) is 5.82 Å². The highest BCUT2D eigenvalue weighted by atomic mass is 32.2. The standard InChI is InChI=1S/C25H25F3N6O3S/c26-17-2-3-21(12-17)37-24-22(14-30-34(25(24)35)20-10-18(27)9-19(28)11-20)32-5-7-33(8-6-32)38-15-16-1-4-23(31-36)29-13-16/h1,4,9-11,13-14,17,21H,2-3,5-8,12,15H2. The molecule has 0 radical (unpaired) electrons. The number of hydrogen-bond acceptors (Lipinski definition) is 9. The van der Waals surface area contributed by atoms with Gasteiger partial charge in [-0.1, -0.05) is 18.0 Å². The summed E-state index contributed by atoms with van der Waals surface area (Å²) in [5.74, 6) is -0.856. The zero-order valence-electron chi connectivity index (χ0n) is 20.3. The van der Waals surface area contributed by atoms with E-state index in [0.29, 0.717) is 56.5 Å². The van der Waals surface area contributed by atoms with Gasteiger partial charge in [0.1, 0.15) is 29.6 Å². The summed E-state index contributed by atoms with van der Waals surface area (Å²) in [5, 5.41) is 6.99. The Kier molecular flexibility index (Phi) is 7.93. The SMILES string of the molecule is O=Nc1ccc(CSN2CCN(c3cnn(-c4cc(F)cc(F)c4)c(=O)c3OC3CCC(F)C3)CC2)cn1. The number of pyridine rings is 1. The van der Waals surface area contributed by atoms with Crippen LogP contribution in [-0.4, -0.2) is 57.5 Å². The van der Waals surface area contributed by atoms with Crippen molar-refractivity contribution in [1.29, 1.82) is 0 Å². The number of alkyl halides is 1. The Hall–Kier alpha value is -3.45. The maximum Gasteiger partial charge on any atom is 0.316 e. The Labute approximate surface area is 220 Å². The van der Waals surface area contributed by atoms with Crippen molar-refractivity contribution in [3.63, 3.8) is 0 Å². The van der Waals surface area contributed by atoms with E-state index >= 15 is 0 Å². The molecular weight excluding hydrogens is 521 g/mol. The van der Waals surface area contributed by atoms with Gasteiger partial charge in [0, 0.05) is 50.6 Å². The van der Waals surface area contributed by atoms with E-state index in [2.05, 4.69) is 19.6 Å². The zero-order valence-corrected chi connectivity index (χ0v) is 21.1. The maximum absolute atomic E-state index is 13.8. The van der Waals surface area contributed by atoms with Crippen molar-refractivity contribution in [3.05, 3.63) is 75.2 Å². The van der Waals surface area contributed by atoms with Crippen LogP contribution in [0.2, 0.25) is 0 Å². The number of ether oxygens (including phenoxy) is 1. The molecule has 1 saturated heterocycles. The second-order valence-electron chi connectivity index (χ2n) is 9.16. The van der Waals surface area contributed by atoms with E-state index in [-0.39, 0.29) is 23.7 Å². The molecule has 2 aliphatic rings. The average Bonchev–Trinajstić information content (AvgIpc) is 3.33. The summed E-state index contributed by atoms with van der Waals surface area (Å²) < 4.78 is 50.6. The predicted molar refractivity (Wildman–Crippen MR) is 138 cm³/mol. The van der Waals surface area contributed by atoms with Crippen molar-refractivity contribution in [1.82, 2.24) is 19.1 Å². The summed E-state index contributed by atoms with van der Waals surface area (Å²) >= 11 is 1.63. The first kappa shape index (κ1) is 26.2. The molecule has 0 bridgehead atoms. The third kappa shape index (κ3) is 5.99. The molecule has 0 N–H and O–H groups in total. The molecule has 9 nitrogen and oxygen atoms in total. The molecule has 3 heterocycles. The van der Waals surface area contributed by atoms with Crippen LogP contribution in [0, 0.1) is 16.5 Å². The minimum Gasteiger partial charge on any atom is -0.483 e. The fourth-order valence-electron chi connectivity index (χ4n) is 4.55. The monoisotopic (exact) mass is 546 g/mol. The normalized spacial score (nSPS) is 20.0. The van der Waals surface area contributed by atoms with Crippen LogP contribution in [0.3, 0.4) is 0 Å². The molecule has 1 aromatic carbocycles. The quantitative estimate of drug-likeness (QED) is 0.300. The van der Waals surface area contributed by atoms with Crippen molar-refractivity contribution in [2.75, 3.05) is 31.1 Å². The van der Waals surface area contributed by atoms with E-state index in [9.17, 15) is 22.9 Å². The highest BCUT2D eigenvalue weighted by Gasteiger charge is 2.30. The Balaban J connectivity index is 1.33.